The van der Waals surface area contributed by atoms with Gasteiger partial charge in [0.1, 0.15) is 0 Å². The molecule has 0 bridgehead atoms. The van der Waals surface area contributed by atoms with E-state index in [4.69, 9.17) is 11.6 Å². The van der Waals surface area contributed by atoms with E-state index in [1.54, 1.807) is 0 Å². The first kappa shape index (κ1) is 15.5. The quantitative estimate of drug-likeness (QED) is 0.815. The predicted octanol–water partition coefficient (Wildman–Crippen LogP) is 3.41. The van der Waals surface area contributed by atoms with Gasteiger partial charge in [-0.05, 0) is 31.5 Å². The normalized spacial score (nSPS) is 13.3. The molecule has 0 aliphatic heterocycles. The summed E-state index contributed by atoms with van der Waals surface area (Å²) in [6, 6.07) is 8.61. The molecule has 3 heteroatoms. The molecule has 1 unspecified atom stereocenters. The van der Waals surface area contributed by atoms with E-state index in [9.17, 15) is 0 Å². The first-order valence-corrected chi connectivity index (χ1v) is 7.04. The molecule has 0 radical (unpaired) electrons. The predicted molar refractivity (Wildman–Crippen MR) is 80.1 cm³/mol. The van der Waals surface area contributed by atoms with Crippen molar-refractivity contribution in [2.75, 3.05) is 20.1 Å². The standard InChI is InChI=1S/C15H25ClN2/c1-12(2)13(3)17-9-10-18(4)11-14-7-5-6-8-15(14)16/h5-8,12-13,17H,9-11H2,1-4H3. The number of nitrogens with zero attached hydrogens (tertiary/aromatic N) is 1. The Bertz CT molecular complexity index is 352. The Kier molecular flexibility index (Phi) is 6.69. The SMILES string of the molecule is CC(C)C(C)NCCN(C)Cc1ccccc1Cl. The smallest absolute Gasteiger partial charge is 0.0451 e. The lowest BCUT2D eigenvalue weighted by molar-refractivity contribution is 0.308. The molecule has 0 aromatic heterocycles. The maximum absolute atomic E-state index is 6.15. The van der Waals surface area contributed by atoms with E-state index < -0.39 is 0 Å². The van der Waals surface area contributed by atoms with Gasteiger partial charge in [0.15, 0.2) is 0 Å². The summed E-state index contributed by atoms with van der Waals surface area (Å²) < 4.78 is 0. The van der Waals surface area contributed by atoms with E-state index in [1.165, 1.54) is 5.56 Å². The second-order valence-electron chi connectivity index (χ2n) is 5.32. The van der Waals surface area contributed by atoms with Gasteiger partial charge in [0.25, 0.3) is 0 Å². The molecule has 0 spiro atoms. The minimum absolute atomic E-state index is 0.568. The summed E-state index contributed by atoms with van der Waals surface area (Å²) >= 11 is 6.15. The molecule has 1 rings (SSSR count). The summed E-state index contributed by atoms with van der Waals surface area (Å²) in [6.07, 6.45) is 0. The molecule has 18 heavy (non-hydrogen) atoms. The Morgan fingerprint density at radius 2 is 1.89 bits per heavy atom. The third-order valence-corrected chi connectivity index (χ3v) is 3.73. The average Bonchev–Trinajstić information content (AvgIpc) is 2.32. The van der Waals surface area contributed by atoms with Crippen molar-refractivity contribution in [3.8, 4) is 0 Å². The molecule has 0 aliphatic carbocycles. The average molecular weight is 269 g/mol. The summed E-state index contributed by atoms with van der Waals surface area (Å²) in [5.41, 5.74) is 1.19. The van der Waals surface area contributed by atoms with Gasteiger partial charge < -0.3 is 10.2 Å². The molecule has 0 amide bonds. The van der Waals surface area contributed by atoms with Crippen molar-refractivity contribution >= 4 is 11.6 Å². The number of hydrogen-bond acceptors (Lipinski definition) is 2. The fourth-order valence-corrected chi connectivity index (χ4v) is 1.91. The number of benzene rings is 1. The maximum Gasteiger partial charge on any atom is 0.0451 e. The highest BCUT2D eigenvalue weighted by Gasteiger charge is 2.07. The third-order valence-electron chi connectivity index (χ3n) is 3.36. The highest BCUT2D eigenvalue weighted by molar-refractivity contribution is 6.31. The van der Waals surface area contributed by atoms with E-state index >= 15 is 0 Å². The van der Waals surface area contributed by atoms with Crippen molar-refractivity contribution in [3.63, 3.8) is 0 Å². The van der Waals surface area contributed by atoms with Crippen LogP contribution in [-0.2, 0) is 6.54 Å². The zero-order chi connectivity index (χ0) is 13.5. The Morgan fingerprint density at radius 3 is 2.50 bits per heavy atom. The molecule has 1 aromatic carbocycles. The lowest BCUT2D eigenvalue weighted by Gasteiger charge is -2.21. The van der Waals surface area contributed by atoms with Crippen molar-refractivity contribution in [1.82, 2.24) is 10.2 Å². The number of likely N-dealkylation sites (N-methyl/N-ethyl adjacent to an activating group) is 1. The lowest BCUT2D eigenvalue weighted by atomic mass is 10.1. The molecule has 102 valence electrons. The summed E-state index contributed by atoms with van der Waals surface area (Å²) in [4.78, 5) is 2.29. The first-order valence-electron chi connectivity index (χ1n) is 6.66. The molecular weight excluding hydrogens is 244 g/mol. The van der Waals surface area contributed by atoms with E-state index in [1.807, 2.05) is 18.2 Å². The molecule has 2 nitrogen and oxygen atoms in total. The summed E-state index contributed by atoms with van der Waals surface area (Å²) in [7, 11) is 2.13. The molecule has 0 aliphatic rings. The second-order valence-corrected chi connectivity index (χ2v) is 5.72. The molecule has 1 N–H and O–H groups in total. The highest BCUT2D eigenvalue weighted by Crippen LogP contribution is 2.16. The largest absolute Gasteiger partial charge is 0.313 e. The van der Waals surface area contributed by atoms with Crippen molar-refractivity contribution in [1.29, 1.82) is 0 Å². The van der Waals surface area contributed by atoms with Crippen LogP contribution in [0.15, 0.2) is 24.3 Å². The molecule has 0 saturated carbocycles. The van der Waals surface area contributed by atoms with Crippen molar-refractivity contribution < 1.29 is 0 Å². The first-order chi connectivity index (χ1) is 8.50. The van der Waals surface area contributed by atoms with Gasteiger partial charge in [-0.15, -0.1) is 0 Å². The Hall–Kier alpha value is -0.570. The van der Waals surface area contributed by atoms with Gasteiger partial charge in [0.2, 0.25) is 0 Å². The van der Waals surface area contributed by atoms with E-state index in [0.29, 0.717) is 12.0 Å². The van der Waals surface area contributed by atoms with Crippen LogP contribution in [0, 0.1) is 5.92 Å². The van der Waals surface area contributed by atoms with Gasteiger partial charge >= 0.3 is 0 Å². The van der Waals surface area contributed by atoms with Crippen molar-refractivity contribution in [2.45, 2.75) is 33.4 Å². The number of hydrogen-bond donors (Lipinski definition) is 1. The van der Waals surface area contributed by atoms with Crippen LogP contribution in [0.2, 0.25) is 5.02 Å². The van der Waals surface area contributed by atoms with Gasteiger partial charge in [0.05, 0.1) is 0 Å². The van der Waals surface area contributed by atoms with Gasteiger partial charge in [-0.25, -0.2) is 0 Å². The highest BCUT2D eigenvalue weighted by atomic mass is 35.5. The fraction of sp³-hybridized carbons (Fsp3) is 0.600. The van der Waals surface area contributed by atoms with Crippen LogP contribution < -0.4 is 5.32 Å². The van der Waals surface area contributed by atoms with Gasteiger partial charge in [-0.2, -0.15) is 0 Å². The molecule has 0 fully saturated rings. The van der Waals surface area contributed by atoms with Crippen molar-refractivity contribution in [2.24, 2.45) is 5.92 Å². The molecule has 1 aromatic rings. The van der Waals surface area contributed by atoms with Crippen LogP contribution in [0.3, 0.4) is 0 Å². The fourth-order valence-electron chi connectivity index (χ4n) is 1.72. The number of rotatable bonds is 7. The van der Waals surface area contributed by atoms with Gasteiger partial charge in [0, 0.05) is 30.7 Å². The molecule has 0 saturated heterocycles. The van der Waals surface area contributed by atoms with Crippen LogP contribution in [0.25, 0.3) is 0 Å². The minimum atomic E-state index is 0.568. The molecular formula is C15H25ClN2. The van der Waals surface area contributed by atoms with Crippen LogP contribution in [0.4, 0.5) is 0 Å². The lowest BCUT2D eigenvalue weighted by Crippen LogP contribution is -2.36. The van der Waals surface area contributed by atoms with E-state index in [-0.39, 0.29) is 0 Å². The number of halogens is 1. The second kappa shape index (κ2) is 7.78. The van der Waals surface area contributed by atoms with Crippen LogP contribution in [-0.4, -0.2) is 31.1 Å². The topological polar surface area (TPSA) is 15.3 Å². The zero-order valence-electron chi connectivity index (χ0n) is 11.9. The maximum atomic E-state index is 6.15. The zero-order valence-corrected chi connectivity index (χ0v) is 12.7. The molecule has 1 atom stereocenters. The van der Waals surface area contributed by atoms with Gasteiger partial charge in [-0.1, -0.05) is 43.6 Å². The Balaban J connectivity index is 2.30. The summed E-state index contributed by atoms with van der Waals surface area (Å²) in [5, 5.41) is 4.39. The van der Waals surface area contributed by atoms with E-state index in [0.717, 1.165) is 24.7 Å². The Morgan fingerprint density at radius 1 is 1.22 bits per heavy atom. The Labute approximate surface area is 116 Å². The van der Waals surface area contributed by atoms with Crippen LogP contribution in [0.1, 0.15) is 26.3 Å². The van der Waals surface area contributed by atoms with E-state index in [2.05, 4.69) is 44.1 Å². The van der Waals surface area contributed by atoms with Crippen LogP contribution >= 0.6 is 11.6 Å². The van der Waals surface area contributed by atoms with Crippen molar-refractivity contribution in [3.05, 3.63) is 34.9 Å². The molecule has 0 heterocycles. The summed E-state index contributed by atoms with van der Waals surface area (Å²) in [6.45, 7) is 9.66. The number of nitrogens with one attached hydrogen (secondary N) is 1. The minimum Gasteiger partial charge on any atom is -0.313 e. The summed E-state index contributed by atoms with van der Waals surface area (Å²) in [5.74, 6) is 0.680. The van der Waals surface area contributed by atoms with Crippen LogP contribution in [0.5, 0.6) is 0 Å². The third kappa shape index (κ3) is 5.38. The monoisotopic (exact) mass is 268 g/mol. The van der Waals surface area contributed by atoms with Gasteiger partial charge in [-0.3, -0.25) is 0 Å².